The number of benzene rings is 1. The third-order valence-corrected chi connectivity index (χ3v) is 3.43. The Bertz CT molecular complexity index is 724. The zero-order chi connectivity index (χ0) is 18.8. The molecule has 3 N–H and O–H groups in total. The number of amidine groups is 2. The van der Waals surface area contributed by atoms with E-state index in [0.29, 0.717) is 27.4 Å². The van der Waals surface area contributed by atoms with Crippen LogP contribution in [0.2, 0.25) is 0 Å². The summed E-state index contributed by atoms with van der Waals surface area (Å²) in [7, 11) is 3.38. The minimum absolute atomic E-state index is 0.138. The molecule has 0 unspecified atom stereocenters. The Labute approximate surface area is 157 Å². The van der Waals surface area contributed by atoms with Crippen LogP contribution in [0.25, 0.3) is 0 Å². The Balaban J connectivity index is 3.25. The van der Waals surface area contributed by atoms with Crippen molar-refractivity contribution >= 4 is 58.6 Å². The molecular weight excluding hydrogens is 358 g/mol. The highest BCUT2D eigenvalue weighted by Crippen LogP contribution is 2.12. The molecule has 0 fully saturated rings. The van der Waals surface area contributed by atoms with Gasteiger partial charge in [0.1, 0.15) is 5.71 Å². The van der Waals surface area contributed by atoms with Crippen molar-refractivity contribution < 1.29 is 4.79 Å². The summed E-state index contributed by atoms with van der Waals surface area (Å²) < 4.78 is 0. The Morgan fingerprint density at radius 3 is 1.88 bits per heavy atom. The van der Waals surface area contributed by atoms with E-state index in [2.05, 4.69) is 61.6 Å². The van der Waals surface area contributed by atoms with Crippen molar-refractivity contribution in [2.45, 2.75) is 13.8 Å². The average Bonchev–Trinajstić information content (AvgIpc) is 2.60. The molecule has 134 valence electrons. The normalized spacial score (nSPS) is 13.5. The topological polar surface area (TPSA) is 103 Å². The number of carbonyl (C=O) groups is 1. The van der Waals surface area contributed by atoms with Crippen LogP contribution in [0, 0.1) is 0 Å². The Hall–Kier alpha value is -2.33. The van der Waals surface area contributed by atoms with E-state index < -0.39 is 0 Å². The van der Waals surface area contributed by atoms with Gasteiger partial charge in [0.15, 0.2) is 10.3 Å². The first-order valence-electron chi connectivity index (χ1n) is 7.27. The number of amides is 1. The van der Waals surface area contributed by atoms with Gasteiger partial charge in [-0.15, -0.1) is 40.6 Å². The average molecular weight is 380 g/mol. The summed E-state index contributed by atoms with van der Waals surface area (Å²) in [6, 6.07) is 7.15. The Morgan fingerprint density at radius 2 is 1.40 bits per heavy atom. The van der Waals surface area contributed by atoms with Crippen molar-refractivity contribution in [1.82, 2.24) is 10.6 Å². The summed E-state index contributed by atoms with van der Waals surface area (Å²) in [5, 5.41) is 25.2. The third kappa shape index (κ3) is 7.40. The molecule has 0 aromatic heterocycles. The molecule has 0 radical (unpaired) electrons. The van der Waals surface area contributed by atoms with E-state index in [0.717, 1.165) is 5.56 Å². The monoisotopic (exact) mass is 379 g/mol. The van der Waals surface area contributed by atoms with Crippen LogP contribution >= 0.6 is 25.3 Å². The summed E-state index contributed by atoms with van der Waals surface area (Å²) in [4.78, 5) is 11.1. The van der Waals surface area contributed by atoms with E-state index in [-0.39, 0.29) is 5.91 Å². The molecule has 25 heavy (non-hydrogen) atoms. The molecule has 0 aliphatic heterocycles. The van der Waals surface area contributed by atoms with Crippen molar-refractivity contribution in [2.75, 3.05) is 19.4 Å². The van der Waals surface area contributed by atoms with Crippen molar-refractivity contribution in [1.29, 1.82) is 0 Å². The SMILES string of the molecule is CN/C(S)=N/N=C(C)/C(=N/N=C(\S)NC)c1ccc(NC(C)=O)cc1. The van der Waals surface area contributed by atoms with Gasteiger partial charge in [0.25, 0.3) is 0 Å². The van der Waals surface area contributed by atoms with Crippen LogP contribution in [0.5, 0.6) is 0 Å². The van der Waals surface area contributed by atoms with Crippen molar-refractivity contribution in [3.63, 3.8) is 0 Å². The number of carbonyl (C=O) groups excluding carboxylic acids is 1. The molecule has 0 spiro atoms. The first kappa shape index (κ1) is 20.7. The highest BCUT2D eigenvalue weighted by molar-refractivity contribution is 7.97. The van der Waals surface area contributed by atoms with E-state index in [1.54, 1.807) is 45.3 Å². The van der Waals surface area contributed by atoms with Gasteiger partial charge in [-0.3, -0.25) is 4.79 Å². The van der Waals surface area contributed by atoms with E-state index in [9.17, 15) is 4.79 Å². The molecule has 0 aliphatic rings. The van der Waals surface area contributed by atoms with Gasteiger partial charge in [0, 0.05) is 32.3 Å². The predicted octanol–water partition coefficient (Wildman–Crippen LogP) is 1.74. The van der Waals surface area contributed by atoms with Gasteiger partial charge in [-0.2, -0.15) is 5.10 Å². The standard InChI is InChI=1S/C15H21N7OS2/c1-9(19-21-14(24)16-3)13(20-22-15(25)17-4)11-5-7-12(8-6-11)18-10(2)23/h5-8H,1-4H3,(H,18,23)(H2,16,21,24)(H2,17,22,25)/b19-9+,20-13-. The van der Waals surface area contributed by atoms with Crippen LogP contribution in [0.3, 0.4) is 0 Å². The zero-order valence-electron chi connectivity index (χ0n) is 14.4. The number of rotatable bonds is 5. The molecule has 1 aromatic rings. The lowest BCUT2D eigenvalue weighted by atomic mass is 10.1. The number of hydrogen-bond donors (Lipinski definition) is 5. The fourth-order valence-corrected chi connectivity index (χ4v) is 1.71. The number of nitrogens with zero attached hydrogens (tertiary/aromatic N) is 4. The number of nitrogens with one attached hydrogen (secondary N) is 3. The zero-order valence-corrected chi connectivity index (χ0v) is 16.2. The maximum atomic E-state index is 11.1. The molecule has 0 saturated heterocycles. The van der Waals surface area contributed by atoms with Crippen LogP contribution in [0.15, 0.2) is 44.7 Å². The summed E-state index contributed by atoms with van der Waals surface area (Å²) in [5.74, 6) is -0.138. The molecule has 8 nitrogen and oxygen atoms in total. The number of thiol groups is 2. The first-order valence-corrected chi connectivity index (χ1v) is 8.16. The van der Waals surface area contributed by atoms with Crippen molar-refractivity contribution in [3.05, 3.63) is 29.8 Å². The molecule has 1 rings (SSSR count). The lowest BCUT2D eigenvalue weighted by Gasteiger charge is -2.07. The molecular formula is C15H21N7OS2. The van der Waals surface area contributed by atoms with Gasteiger partial charge in [0.05, 0.1) is 5.71 Å². The highest BCUT2D eigenvalue weighted by Gasteiger charge is 2.09. The second-order valence-corrected chi connectivity index (χ2v) is 5.59. The quantitative estimate of drug-likeness (QED) is 0.233. The van der Waals surface area contributed by atoms with E-state index in [4.69, 9.17) is 0 Å². The Kier molecular flexibility index (Phi) is 8.71. The molecule has 0 aliphatic carbocycles. The van der Waals surface area contributed by atoms with Gasteiger partial charge in [-0.1, -0.05) is 12.1 Å². The first-order chi connectivity index (χ1) is 11.9. The number of anilines is 1. The van der Waals surface area contributed by atoms with Crippen LogP contribution in [-0.4, -0.2) is 41.8 Å². The molecule has 1 aromatic carbocycles. The van der Waals surface area contributed by atoms with Crippen LogP contribution < -0.4 is 16.0 Å². The minimum Gasteiger partial charge on any atom is -0.366 e. The number of hydrogen-bond acceptors (Lipinski definition) is 5. The van der Waals surface area contributed by atoms with E-state index in [1.165, 1.54) is 6.92 Å². The maximum absolute atomic E-state index is 11.1. The summed E-state index contributed by atoms with van der Waals surface area (Å²) in [6.07, 6.45) is 0. The molecule has 10 heteroatoms. The Morgan fingerprint density at radius 1 is 0.880 bits per heavy atom. The summed E-state index contributed by atoms with van der Waals surface area (Å²) in [6.45, 7) is 3.21. The van der Waals surface area contributed by atoms with Gasteiger partial charge < -0.3 is 16.0 Å². The molecule has 0 atom stereocenters. The van der Waals surface area contributed by atoms with Gasteiger partial charge in [0.2, 0.25) is 5.91 Å². The molecule has 0 saturated carbocycles. The van der Waals surface area contributed by atoms with Crippen LogP contribution in [0.1, 0.15) is 19.4 Å². The second kappa shape index (κ2) is 10.5. The van der Waals surface area contributed by atoms with Crippen LogP contribution in [-0.2, 0) is 4.79 Å². The van der Waals surface area contributed by atoms with Crippen molar-refractivity contribution in [3.8, 4) is 0 Å². The smallest absolute Gasteiger partial charge is 0.221 e. The molecule has 1 amide bonds. The van der Waals surface area contributed by atoms with Crippen LogP contribution in [0.4, 0.5) is 5.69 Å². The largest absolute Gasteiger partial charge is 0.366 e. The fraction of sp³-hybridized carbons (Fsp3) is 0.267. The van der Waals surface area contributed by atoms with E-state index in [1.807, 2.05) is 0 Å². The summed E-state index contributed by atoms with van der Waals surface area (Å²) >= 11 is 8.24. The van der Waals surface area contributed by atoms with Crippen molar-refractivity contribution in [2.24, 2.45) is 20.4 Å². The lowest BCUT2D eigenvalue weighted by molar-refractivity contribution is -0.114. The van der Waals surface area contributed by atoms with E-state index >= 15 is 0 Å². The third-order valence-electron chi connectivity index (χ3n) is 2.81. The maximum Gasteiger partial charge on any atom is 0.221 e. The predicted molar refractivity (Wildman–Crippen MR) is 111 cm³/mol. The molecule has 0 bridgehead atoms. The second-order valence-electron chi connectivity index (χ2n) is 4.74. The fourth-order valence-electron chi connectivity index (χ4n) is 1.62. The highest BCUT2D eigenvalue weighted by atomic mass is 32.1. The lowest BCUT2D eigenvalue weighted by Crippen LogP contribution is -2.15. The molecule has 0 heterocycles. The summed E-state index contributed by atoms with van der Waals surface area (Å²) in [5.41, 5.74) is 2.49. The van der Waals surface area contributed by atoms with Gasteiger partial charge in [-0.05, 0) is 19.1 Å². The van der Waals surface area contributed by atoms with Gasteiger partial charge in [-0.25, -0.2) is 0 Å². The minimum atomic E-state index is -0.138. The van der Waals surface area contributed by atoms with Gasteiger partial charge >= 0.3 is 0 Å².